The first-order chi connectivity index (χ1) is 9.88. The standard InChI is InChI=1S/C18H27NS/c1-2-19-12-15(14-7-3-4-8-14)11-16-13-20-18-10-6-5-9-17(16)18/h5-6,9-10,14-16,19H,2-4,7-8,11-13H2,1H3. The Bertz CT molecular complexity index is 425. The molecule has 1 nitrogen and oxygen atoms in total. The van der Waals surface area contributed by atoms with Crippen LogP contribution in [0.2, 0.25) is 0 Å². The molecule has 0 radical (unpaired) electrons. The summed E-state index contributed by atoms with van der Waals surface area (Å²) in [6, 6.07) is 9.06. The first-order valence-electron chi connectivity index (χ1n) is 8.31. The van der Waals surface area contributed by atoms with Gasteiger partial charge in [0.1, 0.15) is 0 Å². The maximum absolute atomic E-state index is 3.62. The molecule has 1 saturated carbocycles. The number of fused-ring (bicyclic) bond motifs is 1. The zero-order chi connectivity index (χ0) is 13.8. The third-order valence-corrected chi connectivity index (χ3v) is 6.36. The van der Waals surface area contributed by atoms with Crippen molar-refractivity contribution in [2.75, 3.05) is 18.8 Å². The van der Waals surface area contributed by atoms with Crippen molar-refractivity contribution in [3.05, 3.63) is 29.8 Å². The van der Waals surface area contributed by atoms with Crippen LogP contribution in [0.5, 0.6) is 0 Å². The monoisotopic (exact) mass is 289 g/mol. The highest BCUT2D eigenvalue weighted by atomic mass is 32.2. The fourth-order valence-electron chi connectivity index (χ4n) is 3.99. The molecule has 0 aromatic heterocycles. The molecule has 0 bridgehead atoms. The average molecular weight is 289 g/mol. The first-order valence-corrected chi connectivity index (χ1v) is 9.29. The van der Waals surface area contributed by atoms with E-state index in [-0.39, 0.29) is 0 Å². The molecule has 2 unspecified atom stereocenters. The number of nitrogens with one attached hydrogen (secondary N) is 1. The molecule has 0 amide bonds. The highest BCUT2D eigenvalue weighted by Crippen LogP contribution is 2.44. The van der Waals surface area contributed by atoms with Crippen molar-refractivity contribution in [1.29, 1.82) is 0 Å². The molecule has 2 heteroatoms. The van der Waals surface area contributed by atoms with Crippen LogP contribution in [0.15, 0.2) is 29.2 Å². The van der Waals surface area contributed by atoms with E-state index >= 15 is 0 Å². The van der Waals surface area contributed by atoms with Gasteiger partial charge in [-0.2, -0.15) is 0 Å². The lowest BCUT2D eigenvalue weighted by atomic mass is 9.81. The van der Waals surface area contributed by atoms with E-state index in [1.165, 1.54) is 49.3 Å². The molecule has 1 aliphatic heterocycles. The molecule has 0 saturated heterocycles. The van der Waals surface area contributed by atoms with Gasteiger partial charge in [-0.3, -0.25) is 0 Å². The fourth-order valence-corrected chi connectivity index (χ4v) is 5.26. The van der Waals surface area contributed by atoms with Crippen molar-refractivity contribution in [2.45, 2.75) is 49.8 Å². The van der Waals surface area contributed by atoms with Crippen molar-refractivity contribution in [1.82, 2.24) is 5.32 Å². The molecule has 1 aromatic rings. The fraction of sp³-hybridized carbons (Fsp3) is 0.667. The average Bonchev–Trinajstić information content (AvgIpc) is 3.13. The quantitative estimate of drug-likeness (QED) is 0.816. The lowest BCUT2D eigenvalue weighted by molar-refractivity contribution is 0.293. The van der Waals surface area contributed by atoms with Gasteiger partial charge in [0, 0.05) is 10.6 Å². The van der Waals surface area contributed by atoms with Crippen LogP contribution in [0.25, 0.3) is 0 Å². The van der Waals surface area contributed by atoms with Crippen molar-refractivity contribution < 1.29 is 0 Å². The third kappa shape index (κ3) is 3.23. The Labute approximate surface area is 127 Å². The van der Waals surface area contributed by atoms with Gasteiger partial charge in [-0.15, -0.1) is 11.8 Å². The van der Waals surface area contributed by atoms with Crippen LogP contribution in [0.4, 0.5) is 0 Å². The summed E-state index contributed by atoms with van der Waals surface area (Å²) in [4.78, 5) is 1.53. The van der Waals surface area contributed by atoms with Crippen LogP contribution >= 0.6 is 11.8 Å². The van der Waals surface area contributed by atoms with E-state index in [9.17, 15) is 0 Å². The van der Waals surface area contributed by atoms with E-state index in [4.69, 9.17) is 0 Å². The highest BCUT2D eigenvalue weighted by Gasteiger charge is 2.30. The molecule has 0 spiro atoms. The molecule has 3 rings (SSSR count). The predicted octanol–water partition coefficient (Wildman–Crippen LogP) is 4.68. The Morgan fingerprint density at radius 3 is 2.85 bits per heavy atom. The van der Waals surface area contributed by atoms with E-state index in [1.807, 2.05) is 0 Å². The SMILES string of the molecule is CCNCC(CC1CSc2ccccc21)C1CCCC1. The minimum Gasteiger partial charge on any atom is -0.317 e. The topological polar surface area (TPSA) is 12.0 Å². The van der Waals surface area contributed by atoms with Crippen LogP contribution < -0.4 is 5.32 Å². The second-order valence-corrected chi connectivity index (χ2v) is 7.46. The summed E-state index contributed by atoms with van der Waals surface area (Å²) in [5.41, 5.74) is 1.62. The van der Waals surface area contributed by atoms with E-state index in [1.54, 1.807) is 5.56 Å². The Morgan fingerprint density at radius 1 is 1.25 bits per heavy atom. The van der Waals surface area contributed by atoms with Crippen LogP contribution in [0.1, 0.15) is 50.5 Å². The third-order valence-electron chi connectivity index (χ3n) is 5.11. The van der Waals surface area contributed by atoms with E-state index in [2.05, 4.69) is 48.3 Å². The Balaban J connectivity index is 1.67. The molecule has 1 fully saturated rings. The van der Waals surface area contributed by atoms with Crippen LogP contribution in [-0.4, -0.2) is 18.8 Å². The molecule has 1 N–H and O–H groups in total. The van der Waals surface area contributed by atoms with Gasteiger partial charge in [0.2, 0.25) is 0 Å². The molecule has 1 aliphatic carbocycles. The van der Waals surface area contributed by atoms with Crippen molar-refractivity contribution in [3.8, 4) is 0 Å². The van der Waals surface area contributed by atoms with Crippen molar-refractivity contribution in [3.63, 3.8) is 0 Å². The maximum Gasteiger partial charge on any atom is 0.0107 e. The lowest BCUT2D eigenvalue weighted by Gasteiger charge is -2.26. The van der Waals surface area contributed by atoms with Gasteiger partial charge in [-0.25, -0.2) is 0 Å². The molecular formula is C18H27NS. The van der Waals surface area contributed by atoms with E-state index in [0.717, 1.165) is 24.3 Å². The summed E-state index contributed by atoms with van der Waals surface area (Å²) in [5, 5.41) is 3.62. The molecule has 110 valence electrons. The van der Waals surface area contributed by atoms with Gasteiger partial charge in [-0.1, -0.05) is 50.8 Å². The summed E-state index contributed by atoms with van der Waals surface area (Å²) in [6.45, 7) is 4.57. The van der Waals surface area contributed by atoms with Crippen molar-refractivity contribution >= 4 is 11.8 Å². The summed E-state index contributed by atoms with van der Waals surface area (Å²) < 4.78 is 0. The summed E-state index contributed by atoms with van der Waals surface area (Å²) >= 11 is 2.06. The second-order valence-electron chi connectivity index (χ2n) is 6.39. The number of benzene rings is 1. The summed E-state index contributed by atoms with van der Waals surface area (Å²) in [6.07, 6.45) is 7.25. The minimum atomic E-state index is 0.792. The number of hydrogen-bond acceptors (Lipinski definition) is 2. The number of hydrogen-bond donors (Lipinski definition) is 1. The molecule has 2 aliphatic rings. The number of rotatable bonds is 6. The van der Waals surface area contributed by atoms with Crippen LogP contribution in [0.3, 0.4) is 0 Å². The molecule has 20 heavy (non-hydrogen) atoms. The Morgan fingerprint density at radius 2 is 2.05 bits per heavy atom. The van der Waals surface area contributed by atoms with Gasteiger partial charge in [0.25, 0.3) is 0 Å². The molecule has 1 heterocycles. The zero-order valence-electron chi connectivity index (χ0n) is 12.6. The van der Waals surface area contributed by atoms with Gasteiger partial charge in [-0.05, 0) is 48.9 Å². The first kappa shape index (κ1) is 14.5. The van der Waals surface area contributed by atoms with Gasteiger partial charge < -0.3 is 5.32 Å². The Kier molecular flexibility index (Phi) is 5.06. The number of thioether (sulfide) groups is 1. The van der Waals surface area contributed by atoms with Crippen LogP contribution in [0, 0.1) is 11.8 Å². The lowest BCUT2D eigenvalue weighted by Crippen LogP contribution is -2.28. The molecule has 1 aromatic carbocycles. The zero-order valence-corrected chi connectivity index (χ0v) is 13.4. The smallest absolute Gasteiger partial charge is 0.0107 e. The normalized spacial score (nSPS) is 23.9. The highest BCUT2D eigenvalue weighted by molar-refractivity contribution is 7.99. The second kappa shape index (κ2) is 7.00. The summed E-state index contributed by atoms with van der Waals surface area (Å²) in [5.74, 6) is 3.95. The molecule has 2 atom stereocenters. The minimum absolute atomic E-state index is 0.792. The maximum atomic E-state index is 3.62. The summed E-state index contributed by atoms with van der Waals surface area (Å²) in [7, 11) is 0. The predicted molar refractivity (Wildman–Crippen MR) is 88.5 cm³/mol. The van der Waals surface area contributed by atoms with Gasteiger partial charge >= 0.3 is 0 Å². The van der Waals surface area contributed by atoms with E-state index in [0.29, 0.717) is 0 Å². The van der Waals surface area contributed by atoms with Crippen LogP contribution in [-0.2, 0) is 0 Å². The Hall–Kier alpha value is -0.470. The van der Waals surface area contributed by atoms with E-state index < -0.39 is 0 Å². The van der Waals surface area contributed by atoms with Gasteiger partial charge in [0.15, 0.2) is 0 Å². The van der Waals surface area contributed by atoms with Crippen molar-refractivity contribution in [2.24, 2.45) is 11.8 Å². The molecular weight excluding hydrogens is 262 g/mol. The van der Waals surface area contributed by atoms with Gasteiger partial charge in [0.05, 0.1) is 0 Å². The largest absolute Gasteiger partial charge is 0.317 e.